The van der Waals surface area contributed by atoms with Crippen molar-refractivity contribution in [1.82, 2.24) is 15.3 Å². The Morgan fingerprint density at radius 2 is 2.10 bits per heavy atom. The maximum atomic E-state index is 12.1. The van der Waals surface area contributed by atoms with Crippen molar-refractivity contribution < 1.29 is 14.3 Å². The first-order valence-corrected chi connectivity index (χ1v) is 7.35. The molecule has 0 radical (unpaired) electrons. The quantitative estimate of drug-likeness (QED) is 0.835. The molecule has 1 aromatic heterocycles. The van der Waals surface area contributed by atoms with Crippen molar-refractivity contribution in [2.24, 2.45) is 5.92 Å². The normalized spacial score (nSPS) is 17.0. The molecule has 6 heteroatoms. The second-order valence-corrected chi connectivity index (χ2v) is 5.38. The summed E-state index contributed by atoms with van der Waals surface area (Å²) in [4.78, 5) is 31.8. The van der Waals surface area contributed by atoms with Crippen LogP contribution in [0.3, 0.4) is 0 Å². The van der Waals surface area contributed by atoms with Gasteiger partial charge in [-0.3, -0.25) is 9.78 Å². The maximum Gasteiger partial charge on any atom is 0.328 e. The first kappa shape index (κ1) is 15.4. The summed E-state index contributed by atoms with van der Waals surface area (Å²) < 4.78 is 4.80. The average Bonchev–Trinajstić information content (AvgIpc) is 2.55. The average molecular weight is 291 g/mol. The molecule has 1 heterocycles. The predicted molar refractivity (Wildman–Crippen MR) is 76.5 cm³/mol. The Hall–Kier alpha value is -1.98. The number of carbonyl (C=O) groups excluding carboxylic acids is 2. The lowest BCUT2D eigenvalue weighted by Crippen LogP contribution is -2.43. The molecule has 0 bridgehead atoms. The van der Waals surface area contributed by atoms with E-state index in [0.29, 0.717) is 12.3 Å². The number of methoxy groups -OCH3 is 1. The Bertz CT molecular complexity index is 472. The summed E-state index contributed by atoms with van der Waals surface area (Å²) in [6, 6.07) is -0.618. The highest BCUT2D eigenvalue weighted by Crippen LogP contribution is 2.27. The van der Waals surface area contributed by atoms with Gasteiger partial charge < -0.3 is 10.1 Å². The Labute approximate surface area is 124 Å². The van der Waals surface area contributed by atoms with Crippen LogP contribution in [0.2, 0.25) is 0 Å². The summed E-state index contributed by atoms with van der Waals surface area (Å²) in [5, 5.41) is 2.72. The smallest absolute Gasteiger partial charge is 0.328 e. The zero-order valence-electron chi connectivity index (χ0n) is 12.2. The second-order valence-electron chi connectivity index (χ2n) is 5.38. The molecule has 6 nitrogen and oxygen atoms in total. The van der Waals surface area contributed by atoms with E-state index in [1.54, 1.807) is 0 Å². The summed E-state index contributed by atoms with van der Waals surface area (Å²) in [6.45, 7) is 0. The Balaban J connectivity index is 1.98. The van der Waals surface area contributed by atoms with Gasteiger partial charge in [-0.1, -0.05) is 32.1 Å². The van der Waals surface area contributed by atoms with Gasteiger partial charge in [0, 0.05) is 12.4 Å². The van der Waals surface area contributed by atoms with Crippen LogP contribution in [0.15, 0.2) is 18.6 Å². The molecule has 0 spiro atoms. The van der Waals surface area contributed by atoms with Gasteiger partial charge in [-0.15, -0.1) is 0 Å². The minimum atomic E-state index is -0.618. The van der Waals surface area contributed by atoms with E-state index in [4.69, 9.17) is 4.74 Å². The van der Waals surface area contributed by atoms with Crippen LogP contribution in [0, 0.1) is 5.92 Å². The number of hydrogen-bond donors (Lipinski definition) is 1. The minimum absolute atomic E-state index is 0.204. The minimum Gasteiger partial charge on any atom is -0.467 e. The zero-order valence-corrected chi connectivity index (χ0v) is 12.2. The van der Waals surface area contributed by atoms with Crippen molar-refractivity contribution in [1.29, 1.82) is 0 Å². The molecule has 21 heavy (non-hydrogen) atoms. The van der Waals surface area contributed by atoms with E-state index < -0.39 is 17.9 Å². The van der Waals surface area contributed by atoms with E-state index in [1.165, 1.54) is 45.0 Å². The van der Waals surface area contributed by atoms with Gasteiger partial charge >= 0.3 is 5.97 Å². The summed E-state index contributed by atoms with van der Waals surface area (Å²) >= 11 is 0. The number of amides is 1. The molecular weight excluding hydrogens is 270 g/mol. The van der Waals surface area contributed by atoms with Crippen LogP contribution in [0.4, 0.5) is 0 Å². The third kappa shape index (κ3) is 4.51. The summed E-state index contributed by atoms with van der Waals surface area (Å²) in [6.07, 6.45) is 10.8. The lowest BCUT2D eigenvalue weighted by molar-refractivity contribution is -0.143. The monoisotopic (exact) mass is 291 g/mol. The van der Waals surface area contributed by atoms with E-state index in [1.807, 2.05) is 0 Å². The SMILES string of the molecule is COC(=O)C(CC1CCCCC1)NC(=O)c1cnccn1. The van der Waals surface area contributed by atoms with Crippen LogP contribution < -0.4 is 5.32 Å². The number of carbonyl (C=O) groups is 2. The standard InChI is InChI=1S/C15H21N3O3/c1-21-15(20)12(9-11-5-3-2-4-6-11)18-14(19)13-10-16-7-8-17-13/h7-8,10-12H,2-6,9H2,1H3,(H,18,19). The highest BCUT2D eigenvalue weighted by atomic mass is 16.5. The van der Waals surface area contributed by atoms with Crippen LogP contribution in [0.25, 0.3) is 0 Å². The fraction of sp³-hybridized carbons (Fsp3) is 0.600. The highest BCUT2D eigenvalue weighted by molar-refractivity contribution is 5.94. The van der Waals surface area contributed by atoms with Crippen LogP contribution in [-0.2, 0) is 9.53 Å². The maximum absolute atomic E-state index is 12.1. The fourth-order valence-corrected chi connectivity index (χ4v) is 2.76. The topological polar surface area (TPSA) is 81.2 Å². The molecule has 2 rings (SSSR count). The fourth-order valence-electron chi connectivity index (χ4n) is 2.76. The lowest BCUT2D eigenvalue weighted by Gasteiger charge is -2.25. The lowest BCUT2D eigenvalue weighted by atomic mass is 9.85. The van der Waals surface area contributed by atoms with Gasteiger partial charge in [-0.05, 0) is 12.3 Å². The van der Waals surface area contributed by atoms with Gasteiger partial charge in [-0.2, -0.15) is 0 Å². The first-order valence-electron chi connectivity index (χ1n) is 7.35. The van der Waals surface area contributed by atoms with E-state index in [9.17, 15) is 9.59 Å². The van der Waals surface area contributed by atoms with E-state index >= 15 is 0 Å². The summed E-state index contributed by atoms with van der Waals surface area (Å²) in [5.74, 6) is -0.336. The number of ether oxygens (including phenoxy) is 1. The van der Waals surface area contributed by atoms with Crippen molar-refractivity contribution in [3.8, 4) is 0 Å². The molecule has 0 aliphatic heterocycles. The number of hydrogen-bond acceptors (Lipinski definition) is 5. The van der Waals surface area contributed by atoms with Gasteiger partial charge in [0.15, 0.2) is 0 Å². The van der Waals surface area contributed by atoms with Crippen molar-refractivity contribution in [2.45, 2.75) is 44.6 Å². The summed E-state index contributed by atoms with van der Waals surface area (Å²) in [5.41, 5.74) is 0.204. The molecule has 1 aromatic rings. The molecule has 1 unspecified atom stereocenters. The third-order valence-corrected chi connectivity index (χ3v) is 3.88. The van der Waals surface area contributed by atoms with Crippen LogP contribution >= 0.6 is 0 Å². The predicted octanol–water partition coefficient (Wildman–Crippen LogP) is 1.72. The largest absolute Gasteiger partial charge is 0.467 e. The first-order chi connectivity index (χ1) is 10.2. The van der Waals surface area contributed by atoms with Gasteiger partial charge in [0.05, 0.1) is 13.3 Å². The molecule has 1 amide bonds. The van der Waals surface area contributed by atoms with E-state index in [-0.39, 0.29) is 5.69 Å². The summed E-state index contributed by atoms with van der Waals surface area (Å²) in [7, 11) is 1.34. The number of rotatable bonds is 5. The molecule has 0 aromatic carbocycles. The number of nitrogens with zero attached hydrogens (tertiary/aromatic N) is 2. The molecule has 1 aliphatic carbocycles. The van der Waals surface area contributed by atoms with Gasteiger partial charge in [0.1, 0.15) is 11.7 Å². The van der Waals surface area contributed by atoms with Crippen molar-refractivity contribution in [3.63, 3.8) is 0 Å². The Kier molecular flexibility index (Phi) is 5.66. The number of nitrogens with one attached hydrogen (secondary N) is 1. The molecule has 114 valence electrons. The Morgan fingerprint density at radius 1 is 1.33 bits per heavy atom. The second kappa shape index (κ2) is 7.71. The van der Waals surface area contributed by atoms with Crippen LogP contribution in [-0.4, -0.2) is 35.0 Å². The number of esters is 1. The van der Waals surface area contributed by atoms with Crippen molar-refractivity contribution >= 4 is 11.9 Å². The van der Waals surface area contributed by atoms with Crippen LogP contribution in [0.5, 0.6) is 0 Å². The molecule has 1 aliphatic rings. The molecule has 1 N–H and O–H groups in total. The molecule has 0 saturated heterocycles. The van der Waals surface area contributed by atoms with Crippen molar-refractivity contribution in [2.75, 3.05) is 7.11 Å². The molecule has 1 fully saturated rings. The van der Waals surface area contributed by atoms with E-state index in [0.717, 1.165) is 12.8 Å². The van der Waals surface area contributed by atoms with Gasteiger partial charge in [0.2, 0.25) is 0 Å². The Morgan fingerprint density at radius 3 is 2.71 bits per heavy atom. The van der Waals surface area contributed by atoms with Gasteiger partial charge in [0.25, 0.3) is 5.91 Å². The zero-order chi connectivity index (χ0) is 15.1. The molecule has 1 atom stereocenters. The van der Waals surface area contributed by atoms with Crippen LogP contribution in [0.1, 0.15) is 49.0 Å². The highest BCUT2D eigenvalue weighted by Gasteiger charge is 2.27. The third-order valence-electron chi connectivity index (χ3n) is 3.88. The van der Waals surface area contributed by atoms with E-state index in [2.05, 4.69) is 15.3 Å². The van der Waals surface area contributed by atoms with Gasteiger partial charge in [-0.25, -0.2) is 9.78 Å². The molecular formula is C15H21N3O3. The van der Waals surface area contributed by atoms with Crippen molar-refractivity contribution in [3.05, 3.63) is 24.3 Å². The molecule has 1 saturated carbocycles. The number of aromatic nitrogens is 2.